The molecule has 0 heterocycles. The number of carbonyl (C=O) groups is 1. The highest BCUT2D eigenvalue weighted by Gasteiger charge is 2.20. The minimum Gasteiger partial charge on any atom is -0.477 e. The second-order valence-corrected chi connectivity index (χ2v) is 3.14. The first-order valence-corrected chi connectivity index (χ1v) is 4.18. The number of alkyl halides is 1. The standard InChI is InChI=1S/C8H13FO3/c9-7(8(10)11)12-5-6-3-1-2-4-6/h6-7H,1-5H2,(H,10,11). The molecule has 1 atom stereocenters. The van der Waals surface area contributed by atoms with Crippen molar-refractivity contribution in [1.29, 1.82) is 0 Å². The van der Waals surface area contributed by atoms with E-state index in [1.807, 2.05) is 0 Å². The van der Waals surface area contributed by atoms with Gasteiger partial charge in [0.1, 0.15) is 0 Å². The highest BCUT2D eigenvalue weighted by atomic mass is 19.1. The van der Waals surface area contributed by atoms with Gasteiger partial charge in [-0.25, -0.2) is 9.18 Å². The number of carboxylic acids is 1. The molecule has 0 amide bonds. The van der Waals surface area contributed by atoms with Gasteiger partial charge in [-0.1, -0.05) is 12.8 Å². The van der Waals surface area contributed by atoms with Crippen LogP contribution in [0.15, 0.2) is 0 Å². The number of carboxylic acid groups (broad SMARTS) is 1. The summed E-state index contributed by atoms with van der Waals surface area (Å²) in [4.78, 5) is 10.0. The van der Waals surface area contributed by atoms with Gasteiger partial charge in [-0.2, -0.15) is 0 Å². The van der Waals surface area contributed by atoms with E-state index in [9.17, 15) is 9.18 Å². The van der Waals surface area contributed by atoms with Crippen LogP contribution in [0.4, 0.5) is 4.39 Å². The Morgan fingerprint density at radius 1 is 1.58 bits per heavy atom. The molecular weight excluding hydrogens is 163 g/mol. The summed E-state index contributed by atoms with van der Waals surface area (Å²) in [5, 5.41) is 8.16. The first-order chi connectivity index (χ1) is 5.70. The van der Waals surface area contributed by atoms with Gasteiger partial charge in [0.25, 0.3) is 6.36 Å². The first kappa shape index (κ1) is 9.45. The Morgan fingerprint density at radius 2 is 2.17 bits per heavy atom. The lowest BCUT2D eigenvalue weighted by molar-refractivity contribution is -0.164. The van der Waals surface area contributed by atoms with Gasteiger partial charge in [0.05, 0.1) is 6.61 Å². The van der Waals surface area contributed by atoms with Crippen molar-refractivity contribution in [2.75, 3.05) is 6.61 Å². The summed E-state index contributed by atoms with van der Waals surface area (Å²) in [6.45, 7) is 0.244. The SMILES string of the molecule is O=C(O)C(F)OCC1CCCC1. The van der Waals surface area contributed by atoms with Crippen LogP contribution in [0.3, 0.4) is 0 Å². The van der Waals surface area contributed by atoms with Crippen LogP contribution in [0.2, 0.25) is 0 Å². The van der Waals surface area contributed by atoms with Gasteiger partial charge >= 0.3 is 5.97 Å². The highest BCUT2D eigenvalue weighted by molar-refractivity contribution is 5.70. The lowest BCUT2D eigenvalue weighted by Crippen LogP contribution is -2.21. The van der Waals surface area contributed by atoms with Gasteiger partial charge in [0.2, 0.25) is 0 Å². The second-order valence-electron chi connectivity index (χ2n) is 3.14. The topological polar surface area (TPSA) is 46.5 Å². The van der Waals surface area contributed by atoms with Gasteiger partial charge < -0.3 is 9.84 Å². The maximum absolute atomic E-state index is 12.4. The number of hydrogen-bond acceptors (Lipinski definition) is 2. The predicted molar refractivity (Wildman–Crippen MR) is 40.4 cm³/mol. The summed E-state index contributed by atoms with van der Waals surface area (Å²) in [5.41, 5.74) is 0. The Labute approximate surface area is 70.5 Å². The maximum Gasteiger partial charge on any atom is 0.366 e. The predicted octanol–water partition coefficient (Wildman–Crippen LogP) is 1.57. The lowest BCUT2D eigenvalue weighted by Gasteiger charge is -2.10. The lowest BCUT2D eigenvalue weighted by atomic mass is 10.1. The van der Waals surface area contributed by atoms with Crippen LogP contribution < -0.4 is 0 Å². The molecule has 0 radical (unpaired) electrons. The van der Waals surface area contributed by atoms with E-state index >= 15 is 0 Å². The molecule has 1 rings (SSSR count). The summed E-state index contributed by atoms with van der Waals surface area (Å²) in [6, 6.07) is 0. The van der Waals surface area contributed by atoms with Crippen molar-refractivity contribution in [3.63, 3.8) is 0 Å². The third-order valence-corrected chi connectivity index (χ3v) is 2.15. The van der Waals surface area contributed by atoms with Crippen LogP contribution in [0.5, 0.6) is 0 Å². The fourth-order valence-corrected chi connectivity index (χ4v) is 1.47. The van der Waals surface area contributed by atoms with Crippen LogP contribution in [-0.2, 0) is 9.53 Å². The molecule has 70 valence electrons. The van der Waals surface area contributed by atoms with Gasteiger partial charge in [-0.05, 0) is 18.8 Å². The van der Waals surface area contributed by atoms with Crippen molar-refractivity contribution < 1.29 is 19.0 Å². The first-order valence-electron chi connectivity index (χ1n) is 4.18. The Morgan fingerprint density at radius 3 is 2.67 bits per heavy atom. The summed E-state index contributed by atoms with van der Waals surface area (Å²) in [7, 11) is 0. The molecule has 1 fully saturated rings. The molecule has 0 aliphatic heterocycles. The van der Waals surface area contributed by atoms with E-state index in [4.69, 9.17) is 5.11 Å². The van der Waals surface area contributed by atoms with E-state index in [0.29, 0.717) is 5.92 Å². The molecule has 0 saturated heterocycles. The normalized spacial score (nSPS) is 21.1. The summed E-state index contributed by atoms with van der Waals surface area (Å²) in [6.07, 6.45) is 2.22. The van der Waals surface area contributed by atoms with Crippen LogP contribution in [0, 0.1) is 5.92 Å². The maximum atomic E-state index is 12.4. The number of halogens is 1. The molecule has 0 aromatic carbocycles. The van der Waals surface area contributed by atoms with Crippen molar-refractivity contribution in [2.24, 2.45) is 5.92 Å². The second kappa shape index (κ2) is 4.40. The zero-order valence-corrected chi connectivity index (χ0v) is 6.83. The van der Waals surface area contributed by atoms with Gasteiger partial charge in [0.15, 0.2) is 0 Å². The average molecular weight is 176 g/mol. The van der Waals surface area contributed by atoms with Crippen molar-refractivity contribution in [3.8, 4) is 0 Å². The van der Waals surface area contributed by atoms with Gasteiger partial charge in [0, 0.05) is 0 Å². The monoisotopic (exact) mass is 176 g/mol. The fourth-order valence-electron chi connectivity index (χ4n) is 1.47. The summed E-state index contributed by atoms with van der Waals surface area (Å²) < 4.78 is 16.9. The minimum absolute atomic E-state index is 0.244. The molecule has 1 aliphatic carbocycles. The van der Waals surface area contributed by atoms with E-state index < -0.39 is 12.3 Å². The molecular formula is C8H13FO3. The molecule has 0 aromatic rings. The molecule has 0 aromatic heterocycles. The minimum atomic E-state index is -2.15. The van der Waals surface area contributed by atoms with Crippen molar-refractivity contribution >= 4 is 5.97 Å². The molecule has 12 heavy (non-hydrogen) atoms. The summed E-state index contributed by atoms with van der Waals surface area (Å²) >= 11 is 0. The largest absolute Gasteiger partial charge is 0.477 e. The van der Waals surface area contributed by atoms with Crippen molar-refractivity contribution in [1.82, 2.24) is 0 Å². The van der Waals surface area contributed by atoms with Crippen molar-refractivity contribution in [3.05, 3.63) is 0 Å². The van der Waals surface area contributed by atoms with Crippen LogP contribution in [0.1, 0.15) is 25.7 Å². The van der Waals surface area contributed by atoms with Crippen molar-refractivity contribution in [2.45, 2.75) is 32.0 Å². The van der Waals surface area contributed by atoms with E-state index in [1.54, 1.807) is 0 Å². The zero-order chi connectivity index (χ0) is 8.97. The fraction of sp³-hybridized carbons (Fsp3) is 0.875. The molecule has 0 spiro atoms. The van der Waals surface area contributed by atoms with E-state index in [1.165, 1.54) is 0 Å². The number of aliphatic carboxylic acids is 1. The Hall–Kier alpha value is -0.640. The average Bonchev–Trinajstić information content (AvgIpc) is 2.51. The third kappa shape index (κ3) is 2.77. The molecule has 1 saturated carbocycles. The molecule has 1 aliphatic rings. The number of ether oxygens (including phenoxy) is 1. The van der Waals surface area contributed by atoms with Gasteiger partial charge in [-0.3, -0.25) is 0 Å². The molecule has 1 unspecified atom stereocenters. The summed E-state index contributed by atoms with van der Waals surface area (Å²) in [5.74, 6) is -1.17. The molecule has 3 nitrogen and oxygen atoms in total. The van der Waals surface area contributed by atoms with E-state index in [-0.39, 0.29) is 6.61 Å². The molecule has 4 heteroatoms. The quantitative estimate of drug-likeness (QED) is 0.707. The van der Waals surface area contributed by atoms with Crippen LogP contribution >= 0.6 is 0 Å². The Kier molecular flexibility index (Phi) is 3.47. The Bertz CT molecular complexity index is 154. The number of rotatable bonds is 4. The Balaban J connectivity index is 2.11. The smallest absolute Gasteiger partial charge is 0.366 e. The van der Waals surface area contributed by atoms with Crippen LogP contribution in [0.25, 0.3) is 0 Å². The van der Waals surface area contributed by atoms with E-state index in [0.717, 1.165) is 25.7 Å². The third-order valence-electron chi connectivity index (χ3n) is 2.15. The van der Waals surface area contributed by atoms with E-state index in [2.05, 4.69) is 4.74 Å². The van der Waals surface area contributed by atoms with Crippen LogP contribution in [-0.4, -0.2) is 24.0 Å². The number of hydrogen-bond donors (Lipinski definition) is 1. The zero-order valence-electron chi connectivity index (χ0n) is 6.83. The molecule has 1 N–H and O–H groups in total. The van der Waals surface area contributed by atoms with Gasteiger partial charge in [-0.15, -0.1) is 0 Å². The highest BCUT2D eigenvalue weighted by Crippen LogP contribution is 2.25. The molecule has 0 bridgehead atoms.